The van der Waals surface area contributed by atoms with E-state index in [0.29, 0.717) is 18.6 Å². The summed E-state index contributed by atoms with van der Waals surface area (Å²) in [6.45, 7) is 4.33. The normalized spacial score (nSPS) is 18.3. The monoisotopic (exact) mass is 519 g/mol. The highest BCUT2D eigenvalue weighted by Crippen LogP contribution is 2.39. The van der Waals surface area contributed by atoms with Crippen LogP contribution in [0.4, 0.5) is 0 Å². The molecule has 0 fully saturated rings. The molecule has 1 aliphatic heterocycles. The summed E-state index contributed by atoms with van der Waals surface area (Å²) in [7, 11) is 0. The van der Waals surface area contributed by atoms with E-state index in [1.165, 1.54) is 29.5 Å². The molecule has 3 aromatic rings. The van der Waals surface area contributed by atoms with E-state index in [0.717, 1.165) is 42.8 Å². The third-order valence-corrected chi connectivity index (χ3v) is 8.02. The lowest BCUT2D eigenvalue weighted by Gasteiger charge is -2.41. The summed E-state index contributed by atoms with van der Waals surface area (Å²) in [6, 6.07) is 25.9. The van der Waals surface area contributed by atoms with Gasteiger partial charge in [0.2, 0.25) is 0 Å². The molecule has 1 N–H and O–H groups in total. The Kier molecular flexibility index (Phi) is 8.81. The maximum absolute atomic E-state index is 11.2. The molecule has 0 radical (unpaired) electrons. The van der Waals surface area contributed by atoms with Gasteiger partial charge < -0.3 is 9.84 Å². The second-order valence-electron chi connectivity index (χ2n) is 10.6. The van der Waals surface area contributed by atoms with Crippen molar-refractivity contribution >= 4 is 5.97 Å². The summed E-state index contributed by atoms with van der Waals surface area (Å²) < 4.78 is 6.07. The van der Waals surface area contributed by atoms with Crippen molar-refractivity contribution < 1.29 is 14.6 Å². The van der Waals surface area contributed by atoms with E-state index in [9.17, 15) is 9.90 Å². The van der Waals surface area contributed by atoms with E-state index >= 15 is 0 Å². The van der Waals surface area contributed by atoms with E-state index < -0.39 is 5.97 Å². The van der Waals surface area contributed by atoms with Crippen LogP contribution < -0.4 is 4.74 Å². The lowest BCUT2D eigenvalue weighted by Crippen LogP contribution is -2.38. The SMILES string of the molecule is CC#CC(CC(=O)O)c1ccc(OCc2ccc(C(C3CC=CCC3)N3CCc4ccccc4C3)cc2)cc1. The van der Waals surface area contributed by atoms with E-state index in [1.807, 2.05) is 24.3 Å². The Labute approximate surface area is 232 Å². The van der Waals surface area contributed by atoms with Crippen molar-refractivity contribution in [2.24, 2.45) is 5.92 Å². The molecule has 2 aliphatic rings. The standard InChI is InChI=1S/C35H37NO3/c1-2-8-31(23-34(37)38)28-17-19-33(20-18-28)39-25-26-13-15-30(16-14-26)35(29-10-4-3-5-11-29)36-22-21-27-9-6-7-12-32(27)24-36/h3-4,6-7,9,12-20,29,31,35H,5,10-11,21-25H2,1H3,(H,37,38). The average molecular weight is 520 g/mol. The van der Waals surface area contributed by atoms with E-state index in [2.05, 4.69) is 77.4 Å². The molecule has 200 valence electrons. The Morgan fingerprint density at radius 2 is 1.74 bits per heavy atom. The zero-order valence-corrected chi connectivity index (χ0v) is 22.7. The number of hydrogen-bond acceptors (Lipinski definition) is 3. The molecule has 0 saturated heterocycles. The van der Waals surface area contributed by atoms with Gasteiger partial charge in [-0.05, 0) is 78.5 Å². The smallest absolute Gasteiger partial charge is 0.304 e. The topological polar surface area (TPSA) is 49.8 Å². The number of ether oxygens (including phenoxy) is 1. The van der Waals surface area contributed by atoms with Crippen LogP contribution in [-0.2, 0) is 24.4 Å². The van der Waals surface area contributed by atoms with Gasteiger partial charge in [0.15, 0.2) is 0 Å². The minimum absolute atomic E-state index is 0.00449. The number of aliphatic carboxylic acids is 1. The minimum atomic E-state index is -0.848. The van der Waals surface area contributed by atoms with Gasteiger partial charge in [-0.25, -0.2) is 0 Å². The van der Waals surface area contributed by atoms with Gasteiger partial charge in [-0.2, -0.15) is 0 Å². The van der Waals surface area contributed by atoms with Gasteiger partial charge in [-0.1, -0.05) is 78.7 Å². The van der Waals surface area contributed by atoms with Crippen LogP contribution in [-0.4, -0.2) is 22.5 Å². The first-order valence-corrected chi connectivity index (χ1v) is 14.0. The molecule has 0 saturated carbocycles. The van der Waals surface area contributed by atoms with Crippen molar-refractivity contribution in [2.45, 2.75) is 64.1 Å². The first-order chi connectivity index (χ1) is 19.1. The predicted octanol–water partition coefficient (Wildman–Crippen LogP) is 7.30. The molecular weight excluding hydrogens is 482 g/mol. The summed E-state index contributed by atoms with van der Waals surface area (Å²) in [5, 5.41) is 9.18. The van der Waals surface area contributed by atoms with Crippen LogP contribution in [0.25, 0.3) is 0 Å². The van der Waals surface area contributed by atoms with E-state index in [1.54, 1.807) is 6.92 Å². The number of fused-ring (bicyclic) bond motifs is 1. The molecule has 1 heterocycles. The summed E-state index contributed by atoms with van der Waals surface area (Å²) in [4.78, 5) is 13.9. The van der Waals surface area contributed by atoms with Crippen molar-refractivity contribution in [2.75, 3.05) is 6.54 Å². The molecule has 0 bridgehead atoms. The van der Waals surface area contributed by atoms with Crippen LogP contribution in [0.15, 0.2) is 84.9 Å². The Morgan fingerprint density at radius 1 is 1.00 bits per heavy atom. The molecule has 4 nitrogen and oxygen atoms in total. The molecule has 0 amide bonds. The predicted molar refractivity (Wildman–Crippen MR) is 155 cm³/mol. The number of carbonyl (C=O) groups is 1. The highest BCUT2D eigenvalue weighted by Gasteiger charge is 2.31. The van der Waals surface area contributed by atoms with Crippen molar-refractivity contribution in [1.29, 1.82) is 0 Å². The first-order valence-electron chi connectivity index (χ1n) is 14.0. The Bertz CT molecular complexity index is 1350. The molecule has 1 aliphatic carbocycles. The van der Waals surface area contributed by atoms with Crippen LogP contribution >= 0.6 is 0 Å². The first kappa shape index (κ1) is 26.8. The fraction of sp³-hybridized carbons (Fsp3) is 0.343. The lowest BCUT2D eigenvalue weighted by atomic mass is 9.82. The van der Waals surface area contributed by atoms with E-state index in [-0.39, 0.29) is 12.3 Å². The summed E-state index contributed by atoms with van der Waals surface area (Å²) in [6.07, 6.45) is 9.34. The molecular formula is C35H37NO3. The van der Waals surface area contributed by atoms with Crippen molar-refractivity contribution in [3.05, 3.63) is 113 Å². The van der Waals surface area contributed by atoms with Crippen LogP contribution in [0.3, 0.4) is 0 Å². The van der Waals surface area contributed by atoms with Crippen LogP contribution in [0.5, 0.6) is 5.75 Å². The highest BCUT2D eigenvalue weighted by molar-refractivity contribution is 5.69. The number of benzene rings is 3. The zero-order chi connectivity index (χ0) is 27.0. The van der Waals surface area contributed by atoms with Gasteiger partial charge in [-0.15, -0.1) is 5.92 Å². The number of carboxylic acid groups (broad SMARTS) is 1. The van der Waals surface area contributed by atoms with Crippen LogP contribution in [0.1, 0.15) is 72.4 Å². The third kappa shape index (κ3) is 6.80. The number of rotatable bonds is 9. The molecule has 4 heteroatoms. The second kappa shape index (κ2) is 12.8. The second-order valence-corrected chi connectivity index (χ2v) is 10.6. The molecule has 0 aromatic heterocycles. The fourth-order valence-corrected chi connectivity index (χ4v) is 6.02. The van der Waals surface area contributed by atoms with Crippen LogP contribution in [0, 0.1) is 17.8 Å². The Balaban J connectivity index is 1.26. The quantitative estimate of drug-likeness (QED) is 0.238. The van der Waals surface area contributed by atoms with Gasteiger partial charge in [0.1, 0.15) is 12.4 Å². The molecule has 0 spiro atoms. The van der Waals surface area contributed by atoms with Crippen LogP contribution in [0.2, 0.25) is 0 Å². The van der Waals surface area contributed by atoms with Gasteiger partial charge in [0.25, 0.3) is 0 Å². The molecule has 3 unspecified atom stereocenters. The largest absolute Gasteiger partial charge is 0.489 e. The number of carboxylic acids is 1. The third-order valence-electron chi connectivity index (χ3n) is 8.02. The fourth-order valence-electron chi connectivity index (χ4n) is 6.02. The zero-order valence-electron chi connectivity index (χ0n) is 22.7. The number of nitrogens with zero attached hydrogens (tertiary/aromatic N) is 1. The van der Waals surface area contributed by atoms with Gasteiger partial charge in [-0.3, -0.25) is 9.69 Å². The number of allylic oxidation sites excluding steroid dienone is 2. The Morgan fingerprint density at radius 3 is 2.44 bits per heavy atom. The number of hydrogen-bond donors (Lipinski definition) is 1. The van der Waals surface area contributed by atoms with Crippen molar-refractivity contribution in [1.82, 2.24) is 4.90 Å². The molecule has 39 heavy (non-hydrogen) atoms. The summed E-state index contributed by atoms with van der Waals surface area (Å²) in [5.74, 6) is 6.07. The summed E-state index contributed by atoms with van der Waals surface area (Å²) >= 11 is 0. The molecule has 5 rings (SSSR count). The lowest BCUT2D eigenvalue weighted by molar-refractivity contribution is -0.137. The van der Waals surface area contributed by atoms with Gasteiger partial charge in [0.05, 0.1) is 12.3 Å². The average Bonchev–Trinajstić information content (AvgIpc) is 2.97. The Hall–Kier alpha value is -3.81. The maximum atomic E-state index is 11.2. The van der Waals surface area contributed by atoms with Gasteiger partial charge in [0, 0.05) is 19.1 Å². The summed E-state index contributed by atoms with van der Waals surface area (Å²) in [5.41, 5.74) is 6.38. The van der Waals surface area contributed by atoms with Crippen molar-refractivity contribution in [3.63, 3.8) is 0 Å². The van der Waals surface area contributed by atoms with E-state index in [4.69, 9.17) is 4.74 Å². The maximum Gasteiger partial charge on any atom is 0.304 e. The highest BCUT2D eigenvalue weighted by atomic mass is 16.5. The van der Waals surface area contributed by atoms with Gasteiger partial charge >= 0.3 is 5.97 Å². The van der Waals surface area contributed by atoms with Crippen molar-refractivity contribution in [3.8, 4) is 17.6 Å². The molecule has 3 aromatic carbocycles. The minimum Gasteiger partial charge on any atom is -0.489 e. The molecule has 3 atom stereocenters.